The lowest BCUT2D eigenvalue weighted by molar-refractivity contribution is -0.145. The molecule has 4 N–H and O–H groups in total. The highest BCUT2D eigenvalue weighted by Gasteiger charge is 2.70. The van der Waals surface area contributed by atoms with Crippen LogP contribution >= 0.6 is 0 Å². The number of benzene rings is 1. The molecule has 3 aliphatic rings. The summed E-state index contributed by atoms with van der Waals surface area (Å²) in [5.74, 6) is -3.99. The number of fused-ring (bicyclic) bond motifs is 1. The average molecular weight is 725 g/mol. The van der Waals surface area contributed by atoms with Crippen molar-refractivity contribution in [3.63, 3.8) is 0 Å². The fourth-order valence-corrected chi connectivity index (χ4v) is 7.04. The van der Waals surface area contributed by atoms with Crippen LogP contribution in [0.5, 0.6) is 0 Å². The maximum absolute atomic E-state index is 14.2. The smallest absolute Gasteiger partial charge is 0.408 e. The standard InChI is InChI=1S/C38H56N6O8/c1-36(2,3)30(42-35(51)52-37(4,5)6)34(50)44-20-23-26(38(23,7)8)28(44)31(47)40-24(18-21-16-17-21)29(46)32(48)39-19-25(45)41-27(33(49)43(9)10)22-14-12-11-13-15-22/h11-15,21,23-24,26-28,30H,16-20H2,1-10H3,(H,39,48)(H,40,47)(H,41,45)(H,42,51)/t23-,24?,26?,27-,28-,30?/m0/s1. The van der Waals surface area contributed by atoms with Crippen molar-refractivity contribution in [1.29, 1.82) is 0 Å². The van der Waals surface area contributed by atoms with Crippen molar-refractivity contribution in [2.24, 2.45) is 28.6 Å². The highest BCUT2D eigenvalue weighted by atomic mass is 16.6. The monoisotopic (exact) mass is 724 g/mol. The molecule has 0 bridgehead atoms. The fraction of sp³-hybridized carbons (Fsp3) is 0.658. The first-order valence-electron chi connectivity index (χ1n) is 18.0. The number of piperidine rings is 1. The van der Waals surface area contributed by atoms with E-state index in [-0.39, 0.29) is 35.5 Å². The van der Waals surface area contributed by atoms with Gasteiger partial charge in [-0.1, -0.05) is 77.8 Å². The van der Waals surface area contributed by atoms with E-state index in [0.29, 0.717) is 12.1 Å². The minimum atomic E-state index is -1.17. The second kappa shape index (κ2) is 15.2. The van der Waals surface area contributed by atoms with Crippen LogP contribution in [-0.4, -0.2) is 102 Å². The molecule has 0 spiro atoms. The van der Waals surface area contributed by atoms with Crippen LogP contribution in [0.3, 0.4) is 0 Å². The summed E-state index contributed by atoms with van der Waals surface area (Å²) in [4.78, 5) is 96.4. The number of rotatable bonds is 13. The van der Waals surface area contributed by atoms with Crippen molar-refractivity contribution < 1.29 is 38.3 Å². The number of likely N-dealkylation sites (tertiary alicyclic amines) is 1. The number of hydrogen-bond donors (Lipinski definition) is 4. The normalized spacial score (nSPS) is 22.1. The van der Waals surface area contributed by atoms with E-state index in [4.69, 9.17) is 4.74 Å². The Labute approximate surface area is 306 Å². The number of ketones is 1. The Morgan fingerprint density at radius 3 is 2.08 bits per heavy atom. The molecule has 1 heterocycles. The molecule has 14 heteroatoms. The van der Waals surface area contributed by atoms with E-state index in [1.807, 2.05) is 34.6 Å². The number of carbonyl (C=O) groups excluding carboxylic acids is 7. The van der Waals surface area contributed by atoms with Gasteiger partial charge in [-0.2, -0.15) is 0 Å². The van der Waals surface area contributed by atoms with Gasteiger partial charge < -0.3 is 35.8 Å². The molecule has 1 aromatic rings. The highest BCUT2D eigenvalue weighted by molar-refractivity contribution is 6.38. The van der Waals surface area contributed by atoms with Gasteiger partial charge in [-0.3, -0.25) is 28.8 Å². The van der Waals surface area contributed by atoms with E-state index in [9.17, 15) is 33.6 Å². The summed E-state index contributed by atoms with van der Waals surface area (Å²) in [5, 5.41) is 10.5. The van der Waals surface area contributed by atoms with Gasteiger partial charge in [0.25, 0.3) is 5.91 Å². The third kappa shape index (κ3) is 9.68. The van der Waals surface area contributed by atoms with Gasteiger partial charge in [-0.05, 0) is 61.3 Å². The lowest BCUT2D eigenvalue weighted by atomic mass is 9.85. The van der Waals surface area contributed by atoms with Gasteiger partial charge in [0.2, 0.25) is 29.4 Å². The number of hydrogen-bond acceptors (Lipinski definition) is 8. The van der Waals surface area contributed by atoms with Crippen LogP contribution in [0, 0.1) is 28.6 Å². The summed E-state index contributed by atoms with van der Waals surface area (Å²) >= 11 is 0. The van der Waals surface area contributed by atoms with Gasteiger partial charge in [-0.25, -0.2) is 4.79 Å². The van der Waals surface area contributed by atoms with Crippen molar-refractivity contribution in [3.05, 3.63) is 35.9 Å². The maximum Gasteiger partial charge on any atom is 0.408 e. The second-order valence-corrected chi connectivity index (χ2v) is 17.3. The zero-order valence-electron chi connectivity index (χ0n) is 32.1. The molecule has 52 heavy (non-hydrogen) atoms. The summed E-state index contributed by atoms with van der Waals surface area (Å²) in [7, 11) is 3.13. The average Bonchev–Trinajstić information content (AvgIpc) is 3.90. The van der Waals surface area contributed by atoms with Crippen molar-refractivity contribution >= 4 is 41.4 Å². The van der Waals surface area contributed by atoms with Crippen LogP contribution in [0.15, 0.2) is 30.3 Å². The van der Waals surface area contributed by atoms with Gasteiger partial charge in [0.05, 0.1) is 12.6 Å². The Hall–Kier alpha value is -4.49. The first kappa shape index (κ1) is 40.3. The predicted molar refractivity (Wildman–Crippen MR) is 192 cm³/mol. The molecule has 0 radical (unpaired) electrons. The molecule has 1 aliphatic heterocycles. The minimum Gasteiger partial charge on any atom is -0.444 e. The molecular formula is C38H56N6O8. The van der Waals surface area contributed by atoms with Gasteiger partial charge in [-0.15, -0.1) is 0 Å². The molecule has 2 saturated carbocycles. The van der Waals surface area contributed by atoms with Crippen LogP contribution in [0.1, 0.15) is 86.3 Å². The van der Waals surface area contributed by atoms with Crippen molar-refractivity contribution in [3.8, 4) is 0 Å². The number of amides is 6. The molecule has 286 valence electrons. The van der Waals surface area contributed by atoms with E-state index in [2.05, 4.69) is 21.3 Å². The second-order valence-electron chi connectivity index (χ2n) is 17.3. The molecular weight excluding hydrogens is 668 g/mol. The van der Waals surface area contributed by atoms with E-state index in [1.54, 1.807) is 65.2 Å². The molecule has 3 fully saturated rings. The Kier molecular flexibility index (Phi) is 11.8. The van der Waals surface area contributed by atoms with Crippen molar-refractivity contribution in [2.75, 3.05) is 27.2 Å². The maximum atomic E-state index is 14.2. The van der Waals surface area contributed by atoms with Gasteiger partial charge in [0.15, 0.2) is 0 Å². The summed E-state index contributed by atoms with van der Waals surface area (Å²) in [5.41, 5.74) is -1.20. The molecule has 1 aromatic carbocycles. The summed E-state index contributed by atoms with van der Waals surface area (Å²) in [6.07, 6.45) is 1.18. The van der Waals surface area contributed by atoms with E-state index in [1.165, 1.54) is 9.80 Å². The van der Waals surface area contributed by atoms with Crippen LogP contribution in [0.2, 0.25) is 0 Å². The quantitative estimate of drug-likeness (QED) is 0.224. The molecule has 0 aromatic heterocycles. The van der Waals surface area contributed by atoms with Crippen molar-refractivity contribution in [1.82, 2.24) is 31.1 Å². The molecule has 1 saturated heterocycles. The Bertz CT molecular complexity index is 1560. The van der Waals surface area contributed by atoms with Crippen LogP contribution in [0.4, 0.5) is 4.79 Å². The van der Waals surface area contributed by atoms with Crippen molar-refractivity contribution in [2.45, 2.75) is 104 Å². The summed E-state index contributed by atoms with van der Waals surface area (Å²) in [6.45, 7) is 14.4. The summed E-state index contributed by atoms with van der Waals surface area (Å²) in [6, 6.07) is 4.55. The Morgan fingerprint density at radius 2 is 1.54 bits per heavy atom. The van der Waals surface area contributed by atoms with Gasteiger partial charge in [0.1, 0.15) is 23.7 Å². The fourth-order valence-electron chi connectivity index (χ4n) is 7.04. The number of nitrogens with zero attached hydrogens (tertiary/aromatic N) is 2. The first-order valence-corrected chi connectivity index (χ1v) is 18.0. The predicted octanol–water partition coefficient (Wildman–Crippen LogP) is 2.32. The van der Waals surface area contributed by atoms with Gasteiger partial charge >= 0.3 is 6.09 Å². The number of carbonyl (C=O) groups is 7. The Morgan fingerprint density at radius 1 is 0.923 bits per heavy atom. The molecule has 4 rings (SSSR count). The molecule has 6 atom stereocenters. The van der Waals surface area contributed by atoms with Crippen LogP contribution in [0.25, 0.3) is 0 Å². The van der Waals surface area contributed by atoms with E-state index >= 15 is 0 Å². The Balaban J connectivity index is 1.46. The minimum absolute atomic E-state index is 0.0350. The van der Waals surface area contributed by atoms with Crippen LogP contribution in [-0.2, 0) is 33.5 Å². The largest absolute Gasteiger partial charge is 0.444 e. The SMILES string of the molecule is CN(C)C(=O)[C@@H](NC(=O)CNC(=O)C(=O)C(CC1CC1)NC(=O)[C@@H]1C2[C@H](CN1C(=O)C(NC(=O)OC(C)(C)C)C(C)(C)C)C2(C)C)c1ccccc1. The number of alkyl carbamates (subject to hydrolysis) is 1. The number of Topliss-reactive ketones (excluding diaryl/α,β-unsaturated/α-hetero) is 1. The van der Waals surface area contributed by atoms with Gasteiger partial charge in [0, 0.05) is 20.6 Å². The number of likely N-dealkylation sites (N-methyl/N-ethyl adjacent to an activating group) is 1. The topological polar surface area (TPSA) is 183 Å². The highest BCUT2D eigenvalue weighted by Crippen LogP contribution is 2.65. The molecule has 6 amide bonds. The third-order valence-electron chi connectivity index (χ3n) is 10.2. The zero-order valence-corrected chi connectivity index (χ0v) is 32.1. The lowest BCUT2D eigenvalue weighted by Crippen LogP contribution is -2.61. The van der Waals surface area contributed by atoms with Crippen LogP contribution < -0.4 is 21.3 Å². The third-order valence-corrected chi connectivity index (χ3v) is 10.2. The van der Waals surface area contributed by atoms with E-state index in [0.717, 1.165) is 12.8 Å². The first-order chi connectivity index (χ1) is 24.0. The number of ether oxygens (including phenoxy) is 1. The lowest BCUT2D eigenvalue weighted by Gasteiger charge is -2.38. The molecule has 2 aliphatic carbocycles. The number of nitrogens with one attached hydrogen (secondary N) is 4. The summed E-state index contributed by atoms with van der Waals surface area (Å²) < 4.78 is 5.43. The van der Waals surface area contributed by atoms with E-state index < -0.39 is 77.2 Å². The molecule has 14 nitrogen and oxygen atoms in total. The zero-order chi connectivity index (χ0) is 38.9. The molecule has 3 unspecified atom stereocenters.